The number of nitrogens with one attached hydrogen (secondary N) is 1. The molecule has 31 heavy (non-hydrogen) atoms. The van der Waals surface area contributed by atoms with Crippen molar-refractivity contribution in [2.45, 2.75) is 45.1 Å². The molecule has 0 radical (unpaired) electrons. The minimum absolute atomic E-state index is 0.0442. The smallest absolute Gasteiger partial charge is 0.304 e. The number of carboxylic acid groups (broad SMARTS) is 1. The molecule has 0 fully saturated rings. The van der Waals surface area contributed by atoms with E-state index in [4.69, 9.17) is 14.4 Å². The van der Waals surface area contributed by atoms with Crippen LogP contribution in [0.4, 0.5) is 0 Å². The number of fused-ring (bicyclic) bond motifs is 3. The second kappa shape index (κ2) is 7.58. The average molecular weight is 417 g/mol. The van der Waals surface area contributed by atoms with Gasteiger partial charge in [-0.3, -0.25) is 4.79 Å². The predicted octanol–water partition coefficient (Wildman–Crippen LogP) is 5.18. The number of carbonyl (C=O) groups is 1. The fourth-order valence-electron chi connectivity index (χ4n) is 4.31. The van der Waals surface area contributed by atoms with Crippen LogP contribution in [0.15, 0.2) is 47.0 Å². The number of nitrogens with zero attached hydrogens (tertiary/aromatic N) is 2. The molecule has 2 N–H and O–H groups in total. The maximum Gasteiger partial charge on any atom is 0.304 e. The number of H-pyrrole nitrogens is 1. The summed E-state index contributed by atoms with van der Waals surface area (Å²) >= 11 is 0. The summed E-state index contributed by atoms with van der Waals surface area (Å²) in [6, 6.07) is 13.6. The van der Waals surface area contributed by atoms with Gasteiger partial charge in [-0.15, -0.1) is 0 Å². The van der Waals surface area contributed by atoms with Gasteiger partial charge < -0.3 is 19.4 Å². The third kappa shape index (κ3) is 3.67. The van der Waals surface area contributed by atoms with Crippen LogP contribution in [0.3, 0.4) is 0 Å². The Morgan fingerprint density at radius 3 is 2.74 bits per heavy atom. The Morgan fingerprint density at radius 1 is 1.23 bits per heavy atom. The van der Waals surface area contributed by atoms with E-state index in [1.54, 1.807) is 0 Å². The minimum Gasteiger partial charge on any atom is -0.491 e. The van der Waals surface area contributed by atoms with Crippen molar-refractivity contribution in [3.8, 4) is 28.6 Å². The van der Waals surface area contributed by atoms with E-state index in [1.165, 1.54) is 5.56 Å². The maximum absolute atomic E-state index is 11.2. The fourth-order valence-corrected chi connectivity index (χ4v) is 4.31. The van der Waals surface area contributed by atoms with Crippen LogP contribution < -0.4 is 4.74 Å². The third-order valence-corrected chi connectivity index (χ3v) is 5.67. The first-order valence-electron chi connectivity index (χ1n) is 10.5. The summed E-state index contributed by atoms with van der Waals surface area (Å²) in [7, 11) is 0. The van der Waals surface area contributed by atoms with Crippen molar-refractivity contribution in [1.29, 1.82) is 0 Å². The summed E-state index contributed by atoms with van der Waals surface area (Å²) in [5.41, 5.74) is 4.95. The van der Waals surface area contributed by atoms with E-state index in [0.717, 1.165) is 46.3 Å². The Bertz CT molecular complexity index is 1250. The largest absolute Gasteiger partial charge is 0.491 e. The number of aromatic nitrogens is 3. The number of carboxylic acids is 1. The van der Waals surface area contributed by atoms with Crippen LogP contribution >= 0.6 is 0 Å². The van der Waals surface area contributed by atoms with Crippen molar-refractivity contribution < 1.29 is 19.2 Å². The normalized spacial score (nSPS) is 15.5. The summed E-state index contributed by atoms with van der Waals surface area (Å²) in [5, 5.41) is 14.4. The summed E-state index contributed by atoms with van der Waals surface area (Å²) in [5.74, 6) is 1.05. The third-order valence-electron chi connectivity index (χ3n) is 5.67. The highest BCUT2D eigenvalue weighted by atomic mass is 16.5. The van der Waals surface area contributed by atoms with Crippen LogP contribution in [0, 0.1) is 0 Å². The van der Waals surface area contributed by atoms with E-state index >= 15 is 0 Å². The summed E-state index contributed by atoms with van der Waals surface area (Å²) < 4.78 is 11.2. The number of hydrogen-bond donors (Lipinski definition) is 2. The van der Waals surface area contributed by atoms with Crippen molar-refractivity contribution in [2.75, 3.05) is 0 Å². The van der Waals surface area contributed by atoms with Gasteiger partial charge in [0, 0.05) is 33.6 Å². The standard InChI is InChI=1S/C24H23N3O4/c1-13(2)30-17-7-3-14(4-8-17)24-26-23(27-31-24)16-6-10-20-19(11-16)18-9-5-15(12-21(28)29)22(18)25-20/h3-4,6-8,10-11,13,15,25H,5,9,12H2,1-2H3,(H,28,29). The van der Waals surface area contributed by atoms with Crippen LogP contribution in [-0.2, 0) is 11.2 Å². The molecular weight excluding hydrogens is 394 g/mol. The summed E-state index contributed by atoms with van der Waals surface area (Å²) in [6.45, 7) is 3.97. The van der Waals surface area contributed by atoms with Gasteiger partial charge in [-0.05, 0) is 74.7 Å². The molecule has 1 atom stereocenters. The molecule has 1 unspecified atom stereocenters. The van der Waals surface area contributed by atoms with Gasteiger partial charge in [0.2, 0.25) is 5.82 Å². The molecule has 0 bridgehead atoms. The number of rotatable bonds is 6. The monoisotopic (exact) mass is 417 g/mol. The molecule has 0 saturated carbocycles. The Kier molecular flexibility index (Phi) is 4.73. The molecule has 5 rings (SSSR count). The molecule has 0 amide bonds. The van der Waals surface area contributed by atoms with Crippen molar-refractivity contribution in [2.24, 2.45) is 0 Å². The molecule has 7 nitrogen and oxygen atoms in total. The summed E-state index contributed by atoms with van der Waals surface area (Å²) in [4.78, 5) is 19.2. The van der Waals surface area contributed by atoms with E-state index in [9.17, 15) is 4.79 Å². The van der Waals surface area contributed by atoms with Gasteiger partial charge >= 0.3 is 5.97 Å². The number of ether oxygens (including phenoxy) is 1. The molecule has 158 valence electrons. The van der Waals surface area contributed by atoms with Crippen molar-refractivity contribution in [3.63, 3.8) is 0 Å². The van der Waals surface area contributed by atoms with E-state index < -0.39 is 5.97 Å². The second-order valence-corrected chi connectivity index (χ2v) is 8.23. The van der Waals surface area contributed by atoms with E-state index in [2.05, 4.69) is 21.2 Å². The Hall–Kier alpha value is -3.61. The lowest BCUT2D eigenvalue weighted by atomic mass is 10.0. The highest BCUT2D eigenvalue weighted by Gasteiger charge is 2.28. The number of benzene rings is 2. The lowest BCUT2D eigenvalue weighted by Gasteiger charge is -2.09. The highest BCUT2D eigenvalue weighted by molar-refractivity contribution is 5.89. The first-order chi connectivity index (χ1) is 15.0. The van der Waals surface area contributed by atoms with Crippen molar-refractivity contribution >= 4 is 16.9 Å². The molecule has 7 heteroatoms. The van der Waals surface area contributed by atoms with E-state index in [1.807, 2.05) is 50.2 Å². The van der Waals surface area contributed by atoms with Gasteiger partial charge in [0.1, 0.15) is 5.75 Å². The lowest BCUT2D eigenvalue weighted by Crippen LogP contribution is -2.05. The van der Waals surface area contributed by atoms with Crippen LogP contribution in [0.1, 0.15) is 43.9 Å². The SMILES string of the molecule is CC(C)Oc1ccc(-c2nc(-c3ccc4[nH]c5c(c4c3)CCC5CC(=O)O)no2)cc1. The molecule has 4 aromatic rings. The zero-order chi connectivity index (χ0) is 21.5. The fraction of sp³-hybridized carbons (Fsp3) is 0.292. The van der Waals surface area contributed by atoms with Crippen molar-refractivity contribution in [1.82, 2.24) is 15.1 Å². The molecule has 1 aliphatic rings. The molecular formula is C24H23N3O4. The van der Waals surface area contributed by atoms with Crippen LogP contribution in [0.25, 0.3) is 33.7 Å². The number of aromatic amines is 1. The number of aryl methyl sites for hydroxylation is 1. The molecule has 2 aromatic carbocycles. The highest BCUT2D eigenvalue weighted by Crippen LogP contribution is 2.40. The first kappa shape index (κ1) is 19.4. The number of aliphatic carboxylic acids is 1. The van der Waals surface area contributed by atoms with E-state index in [-0.39, 0.29) is 18.4 Å². The zero-order valence-corrected chi connectivity index (χ0v) is 17.4. The molecule has 2 heterocycles. The van der Waals surface area contributed by atoms with Crippen LogP contribution in [0.5, 0.6) is 5.75 Å². The van der Waals surface area contributed by atoms with E-state index in [0.29, 0.717) is 11.7 Å². The van der Waals surface area contributed by atoms with Crippen molar-refractivity contribution in [3.05, 3.63) is 53.7 Å². The van der Waals surface area contributed by atoms with Gasteiger partial charge in [-0.1, -0.05) is 5.16 Å². The second-order valence-electron chi connectivity index (χ2n) is 8.23. The summed E-state index contributed by atoms with van der Waals surface area (Å²) in [6.07, 6.45) is 2.00. The molecule has 0 saturated heterocycles. The first-order valence-corrected chi connectivity index (χ1v) is 10.5. The average Bonchev–Trinajstić information content (AvgIpc) is 3.44. The molecule has 1 aliphatic carbocycles. The maximum atomic E-state index is 11.2. The van der Waals surface area contributed by atoms with Gasteiger partial charge in [0.05, 0.1) is 12.5 Å². The van der Waals surface area contributed by atoms with Gasteiger partial charge in [0.15, 0.2) is 0 Å². The molecule has 2 aromatic heterocycles. The van der Waals surface area contributed by atoms with Gasteiger partial charge in [0.25, 0.3) is 5.89 Å². The van der Waals surface area contributed by atoms with Gasteiger partial charge in [-0.25, -0.2) is 0 Å². The Labute approximate surface area is 179 Å². The molecule has 0 aliphatic heterocycles. The quantitative estimate of drug-likeness (QED) is 0.448. The predicted molar refractivity (Wildman–Crippen MR) is 116 cm³/mol. The topological polar surface area (TPSA) is 101 Å². The van der Waals surface area contributed by atoms with Crippen LogP contribution in [0.2, 0.25) is 0 Å². The Morgan fingerprint density at radius 2 is 2.00 bits per heavy atom. The lowest BCUT2D eigenvalue weighted by molar-refractivity contribution is -0.137. The Balaban J connectivity index is 1.43. The number of hydrogen-bond acceptors (Lipinski definition) is 5. The zero-order valence-electron chi connectivity index (χ0n) is 17.4. The molecule has 0 spiro atoms. The van der Waals surface area contributed by atoms with Crippen LogP contribution in [-0.4, -0.2) is 32.3 Å². The van der Waals surface area contributed by atoms with Gasteiger partial charge in [-0.2, -0.15) is 4.98 Å². The minimum atomic E-state index is -0.764.